The molecule has 1 N–H and O–H groups in total. The minimum atomic E-state index is -0.432. The Labute approximate surface area is 360 Å². The van der Waals surface area contributed by atoms with Crippen LogP contribution in [-0.4, -0.2) is 54.5 Å². The van der Waals surface area contributed by atoms with Gasteiger partial charge in [-0.15, -0.1) is 0 Å². The van der Waals surface area contributed by atoms with E-state index in [-0.39, 0.29) is 22.9 Å². The summed E-state index contributed by atoms with van der Waals surface area (Å²) in [4.78, 5) is 25.8. The molecule has 0 heterocycles. The number of ether oxygens (including phenoxy) is 3. The molecule has 1 unspecified atom stereocenters. The van der Waals surface area contributed by atoms with Gasteiger partial charge in [-0.3, -0.25) is 9.59 Å². The van der Waals surface area contributed by atoms with Gasteiger partial charge in [0.15, 0.2) is 0 Å². The fraction of sp³-hybridized carbons (Fsp3) is 0.960. The van der Waals surface area contributed by atoms with Crippen LogP contribution in [-0.2, 0) is 19.0 Å². The molecule has 0 bridgehead atoms. The molecule has 0 aromatic carbocycles. The van der Waals surface area contributed by atoms with Crippen molar-refractivity contribution in [3.8, 4) is 0 Å². The van der Waals surface area contributed by atoms with E-state index in [0.29, 0.717) is 25.3 Å². The first kappa shape index (κ1) is 56.2. The van der Waals surface area contributed by atoms with Crippen LogP contribution in [0.2, 0.25) is 0 Å². The largest absolute Gasteiger partial charge is 0.460 e. The first-order valence-electron chi connectivity index (χ1n) is 24.8. The molecule has 0 spiro atoms. The first-order chi connectivity index (χ1) is 27.5. The third kappa shape index (κ3) is 41.7. The van der Waals surface area contributed by atoms with Gasteiger partial charge in [0.1, 0.15) is 6.10 Å². The van der Waals surface area contributed by atoms with Crippen molar-refractivity contribution in [2.45, 2.75) is 284 Å². The second-order valence-electron chi connectivity index (χ2n) is 18.5. The van der Waals surface area contributed by atoms with Gasteiger partial charge in [-0.2, -0.15) is 0 Å². The molecule has 7 heteroatoms. The Balaban J connectivity index is 4.37. The van der Waals surface area contributed by atoms with Crippen molar-refractivity contribution in [2.24, 2.45) is 0 Å². The first-order valence-corrected chi connectivity index (χ1v) is 25.8. The van der Waals surface area contributed by atoms with Gasteiger partial charge >= 0.3 is 5.97 Å². The molecule has 340 valence electrons. The van der Waals surface area contributed by atoms with E-state index in [1.165, 1.54) is 192 Å². The summed E-state index contributed by atoms with van der Waals surface area (Å²) in [7, 11) is 1.72. The lowest BCUT2D eigenvalue weighted by Crippen LogP contribution is -2.35. The Bertz CT molecular complexity index is 881. The topological polar surface area (TPSA) is 73.9 Å². The van der Waals surface area contributed by atoms with Gasteiger partial charge in [-0.05, 0) is 53.4 Å². The minimum absolute atomic E-state index is 0.0882. The monoisotopic (exact) mass is 826 g/mol. The van der Waals surface area contributed by atoms with Crippen molar-refractivity contribution in [3.05, 3.63) is 0 Å². The zero-order chi connectivity index (χ0) is 42.1. The molecule has 0 fully saturated rings. The summed E-state index contributed by atoms with van der Waals surface area (Å²) in [5.41, 5.74) is -0.663. The van der Waals surface area contributed by atoms with E-state index in [1.807, 2.05) is 13.8 Å². The summed E-state index contributed by atoms with van der Waals surface area (Å²) in [5.74, 6) is 0.437. The maximum absolute atomic E-state index is 12.9. The summed E-state index contributed by atoms with van der Waals surface area (Å²) in [5, 5.41) is 2.96. The van der Waals surface area contributed by atoms with Crippen molar-refractivity contribution in [3.63, 3.8) is 0 Å². The number of carbonyl (C=O) groups excluding carboxylic acids is 2. The highest BCUT2D eigenvalue weighted by Crippen LogP contribution is 2.22. The number of thioether (sulfide) groups is 1. The molecule has 0 aromatic rings. The maximum Gasteiger partial charge on any atom is 0.306 e. The van der Waals surface area contributed by atoms with Crippen LogP contribution in [0.4, 0.5) is 4.79 Å². The highest BCUT2D eigenvalue weighted by molar-refractivity contribution is 8.13. The van der Waals surface area contributed by atoms with E-state index in [2.05, 4.69) is 33.0 Å². The number of rotatable bonds is 44. The number of methoxy groups -OCH3 is 1. The molecule has 0 aromatic heterocycles. The van der Waals surface area contributed by atoms with E-state index in [0.717, 1.165) is 38.5 Å². The number of nitrogens with one attached hydrogen (secondary N) is 1. The standard InChI is InChI=1S/C50H99NO5S/c1-8-10-12-14-16-18-20-22-24-25-27-28-30-32-34-36-38-40-46(44-51-48(53)57-45-50(5,6)55-43-42-49(3,4)54-7)56-47(52)41-39-37-35-33-31-29-26-23-21-19-17-15-13-11-9-2/h46H,8-45H2,1-7H3,(H,51,53). The Kier molecular flexibility index (Phi) is 40.0. The second-order valence-corrected chi connectivity index (χ2v) is 19.5. The van der Waals surface area contributed by atoms with Crippen LogP contribution in [0.5, 0.6) is 0 Å². The molecule has 0 radical (unpaired) electrons. The average molecular weight is 826 g/mol. The van der Waals surface area contributed by atoms with Gasteiger partial charge in [-0.1, -0.05) is 218 Å². The third-order valence-electron chi connectivity index (χ3n) is 11.7. The molecular formula is C50H99NO5S. The smallest absolute Gasteiger partial charge is 0.306 e. The molecule has 6 nitrogen and oxygen atoms in total. The van der Waals surface area contributed by atoms with Crippen molar-refractivity contribution in [1.82, 2.24) is 5.32 Å². The number of hydrogen-bond acceptors (Lipinski definition) is 6. The fourth-order valence-electron chi connectivity index (χ4n) is 7.39. The lowest BCUT2D eigenvalue weighted by Gasteiger charge is -2.28. The van der Waals surface area contributed by atoms with Gasteiger partial charge in [-0.25, -0.2) is 0 Å². The van der Waals surface area contributed by atoms with Crippen LogP contribution in [0.25, 0.3) is 0 Å². The number of amides is 1. The number of hydrogen-bond donors (Lipinski definition) is 1. The van der Waals surface area contributed by atoms with Crippen LogP contribution in [0.3, 0.4) is 0 Å². The molecule has 0 saturated carbocycles. The Morgan fingerprint density at radius 1 is 0.526 bits per heavy atom. The zero-order valence-electron chi connectivity index (χ0n) is 39.4. The Hall–Kier alpha value is -0.790. The molecule has 1 amide bonds. The van der Waals surface area contributed by atoms with Crippen LogP contribution >= 0.6 is 11.8 Å². The van der Waals surface area contributed by atoms with E-state index >= 15 is 0 Å². The van der Waals surface area contributed by atoms with E-state index in [1.54, 1.807) is 7.11 Å². The average Bonchev–Trinajstić information content (AvgIpc) is 3.18. The van der Waals surface area contributed by atoms with Crippen molar-refractivity contribution < 1.29 is 23.8 Å². The fourth-order valence-corrected chi connectivity index (χ4v) is 8.14. The van der Waals surface area contributed by atoms with Crippen molar-refractivity contribution >= 4 is 23.0 Å². The highest BCUT2D eigenvalue weighted by Gasteiger charge is 2.24. The molecule has 57 heavy (non-hydrogen) atoms. The molecular weight excluding hydrogens is 727 g/mol. The van der Waals surface area contributed by atoms with E-state index in [9.17, 15) is 9.59 Å². The SMILES string of the molecule is CCCCCCCCCCCCCCCCCCCC(CNC(=O)SCC(C)(C)OCCC(C)(C)OC)OC(=O)CCCCCCCCCCCCCCCCC. The van der Waals surface area contributed by atoms with Gasteiger partial charge in [0.25, 0.3) is 5.24 Å². The van der Waals surface area contributed by atoms with Crippen LogP contribution < -0.4 is 5.32 Å². The van der Waals surface area contributed by atoms with E-state index < -0.39 is 5.60 Å². The van der Waals surface area contributed by atoms with Crippen LogP contribution in [0.1, 0.15) is 266 Å². The Morgan fingerprint density at radius 2 is 0.895 bits per heavy atom. The highest BCUT2D eigenvalue weighted by atomic mass is 32.2. The third-order valence-corrected chi connectivity index (χ3v) is 12.9. The van der Waals surface area contributed by atoms with Gasteiger partial charge in [0.2, 0.25) is 0 Å². The molecule has 0 aliphatic carbocycles. The van der Waals surface area contributed by atoms with Gasteiger partial charge < -0.3 is 19.5 Å². The molecule has 0 aliphatic heterocycles. The summed E-state index contributed by atoms with van der Waals surface area (Å²) in [6, 6.07) is 0. The van der Waals surface area contributed by atoms with Crippen LogP contribution in [0, 0.1) is 0 Å². The van der Waals surface area contributed by atoms with Crippen molar-refractivity contribution in [2.75, 3.05) is 26.0 Å². The quantitative estimate of drug-likeness (QED) is 0.0487. The van der Waals surface area contributed by atoms with Gasteiger partial charge in [0.05, 0.1) is 24.4 Å². The van der Waals surface area contributed by atoms with Crippen molar-refractivity contribution in [1.29, 1.82) is 0 Å². The van der Waals surface area contributed by atoms with Gasteiger partial charge in [0, 0.05) is 19.3 Å². The lowest BCUT2D eigenvalue weighted by atomic mass is 10.0. The second kappa shape index (κ2) is 40.6. The summed E-state index contributed by atoms with van der Waals surface area (Å²) >= 11 is 1.24. The minimum Gasteiger partial charge on any atom is -0.460 e. The predicted molar refractivity (Wildman–Crippen MR) is 250 cm³/mol. The Morgan fingerprint density at radius 3 is 1.28 bits per heavy atom. The summed E-state index contributed by atoms with van der Waals surface area (Å²) in [6.45, 7) is 13.7. The maximum atomic E-state index is 12.9. The number of esters is 1. The normalized spacial score (nSPS) is 12.6. The molecule has 0 saturated heterocycles. The lowest BCUT2D eigenvalue weighted by molar-refractivity contribution is -0.149. The summed E-state index contributed by atoms with van der Waals surface area (Å²) < 4.78 is 17.6. The zero-order valence-corrected chi connectivity index (χ0v) is 40.2. The molecule has 0 rings (SSSR count). The van der Waals surface area contributed by atoms with Crippen LogP contribution in [0.15, 0.2) is 0 Å². The predicted octanol–water partition coefficient (Wildman–Crippen LogP) is 16.3. The molecule has 1 atom stereocenters. The summed E-state index contributed by atoms with van der Waals surface area (Å²) in [6.07, 6.45) is 44.3. The number of carbonyl (C=O) groups is 2. The van der Waals surface area contributed by atoms with E-state index in [4.69, 9.17) is 14.2 Å². The molecule has 0 aliphatic rings. The number of unbranched alkanes of at least 4 members (excludes halogenated alkanes) is 30.